The number of nitrogens with zero attached hydrogens (tertiary/aromatic N) is 1. The number of fused-ring (bicyclic) bond motifs is 1. The summed E-state index contributed by atoms with van der Waals surface area (Å²) in [5.74, 6) is 0.576. The molecule has 1 aromatic rings. The summed E-state index contributed by atoms with van der Waals surface area (Å²) in [4.78, 5) is 0. The van der Waals surface area contributed by atoms with E-state index < -0.39 is 0 Å². The van der Waals surface area contributed by atoms with Crippen LogP contribution in [-0.4, -0.2) is 11.7 Å². The van der Waals surface area contributed by atoms with E-state index in [1.807, 2.05) is 6.07 Å². The third-order valence-electron chi connectivity index (χ3n) is 1.87. The van der Waals surface area contributed by atoms with Crippen LogP contribution in [-0.2, 0) is 0 Å². The Morgan fingerprint density at radius 2 is 2.31 bits per heavy atom. The minimum absolute atomic E-state index is 0.116. The molecule has 13 heavy (non-hydrogen) atoms. The maximum absolute atomic E-state index is 9.38. The van der Waals surface area contributed by atoms with Crippen molar-refractivity contribution in [2.75, 3.05) is 6.61 Å². The number of para-hydroxylation sites is 1. The van der Waals surface area contributed by atoms with E-state index in [0.717, 1.165) is 5.56 Å². The lowest BCUT2D eigenvalue weighted by molar-refractivity contribution is 0.327. The Balaban J connectivity index is 2.55. The molecule has 3 heteroatoms. The van der Waals surface area contributed by atoms with Crippen LogP contribution in [0.2, 0.25) is 0 Å². The highest BCUT2D eigenvalue weighted by Gasteiger charge is 2.13. The Labute approximate surface area is 75.5 Å². The maximum Gasteiger partial charge on any atom is 0.168 e. The molecule has 0 radical (unpaired) electrons. The van der Waals surface area contributed by atoms with E-state index in [1.165, 1.54) is 0 Å². The van der Waals surface area contributed by atoms with Crippen LogP contribution in [0.3, 0.4) is 0 Å². The van der Waals surface area contributed by atoms with Gasteiger partial charge in [0.05, 0.1) is 11.6 Å². The highest BCUT2D eigenvalue weighted by atomic mass is 16.5. The van der Waals surface area contributed by atoms with E-state index >= 15 is 0 Å². The van der Waals surface area contributed by atoms with Crippen molar-refractivity contribution in [1.29, 1.82) is 5.26 Å². The molecule has 0 unspecified atom stereocenters. The first-order valence-corrected chi connectivity index (χ1v) is 3.86. The Morgan fingerprint density at radius 3 is 3.08 bits per heavy atom. The van der Waals surface area contributed by atoms with Gasteiger partial charge >= 0.3 is 0 Å². The smallest absolute Gasteiger partial charge is 0.168 e. The average molecular weight is 173 g/mol. The molecule has 0 amide bonds. The third-order valence-corrected chi connectivity index (χ3v) is 1.87. The zero-order valence-electron chi connectivity index (χ0n) is 6.82. The maximum atomic E-state index is 9.38. The lowest BCUT2D eigenvalue weighted by atomic mass is 10.1. The zero-order valence-corrected chi connectivity index (χ0v) is 6.82. The summed E-state index contributed by atoms with van der Waals surface area (Å²) in [5.41, 5.74) is 1.32. The first kappa shape index (κ1) is 7.69. The van der Waals surface area contributed by atoms with Gasteiger partial charge in [-0.2, -0.15) is 5.26 Å². The number of rotatable bonds is 0. The molecule has 0 bridgehead atoms. The van der Waals surface area contributed by atoms with Gasteiger partial charge < -0.3 is 9.84 Å². The van der Waals surface area contributed by atoms with E-state index in [-0.39, 0.29) is 12.4 Å². The van der Waals surface area contributed by atoms with Gasteiger partial charge in [0.15, 0.2) is 11.5 Å². The van der Waals surface area contributed by atoms with E-state index in [1.54, 1.807) is 24.3 Å². The predicted molar refractivity (Wildman–Crippen MR) is 47.2 cm³/mol. The summed E-state index contributed by atoms with van der Waals surface area (Å²) in [6, 6.07) is 7.09. The number of ether oxygens (including phenoxy) is 1. The van der Waals surface area contributed by atoms with E-state index in [4.69, 9.17) is 10.00 Å². The van der Waals surface area contributed by atoms with Crippen LogP contribution in [0.25, 0.3) is 6.08 Å². The molecule has 1 aromatic carbocycles. The van der Waals surface area contributed by atoms with Crippen LogP contribution in [0.5, 0.6) is 11.5 Å². The molecule has 0 spiro atoms. The average Bonchev–Trinajstić information content (AvgIpc) is 2.18. The molecule has 0 saturated carbocycles. The second kappa shape index (κ2) is 2.83. The zero-order chi connectivity index (χ0) is 9.26. The van der Waals surface area contributed by atoms with Crippen molar-refractivity contribution in [3.63, 3.8) is 0 Å². The first-order chi connectivity index (χ1) is 6.31. The molecule has 0 atom stereocenters. The number of phenols is 1. The van der Waals surface area contributed by atoms with Gasteiger partial charge in [-0.25, -0.2) is 0 Å². The van der Waals surface area contributed by atoms with Crippen molar-refractivity contribution in [2.45, 2.75) is 0 Å². The Kier molecular flexibility index (Phi) is 1.67. The van der Waals surface area contributed by atoms with E-state index in [0.29, 0.717) is 11.3 Å². The van der Waals surface area contributed by atoms with Crippen LogP contribution < -0.4 is 4.74 Å². The van der Waals surface area contributed by atoms with Crippen LogP contribution in [0.1, 0.15) is 5.56 Å². The standard InChI is InChI=1S/C10H7NO2/c11-5-7-4-8-2-1-3-9(12)10(8)13-6-7/h1-4,12H,6H2. The van der Waals surface area contributed by atoms with E-state index in [9.17, 15) is 5.11 Å². The van der Waals surface area contributed by atoms with Crippen molar-refractivity contribution in [3.8, 4) is 17.6 Å². The lowest BCUT2D eigenvalue weighted by Gasteiger charge is -2.14. The fourth-order valence-electron chi connectivity index (χ4n) is 1.26. The van der Waals surface area contributed by atoms with Gasteiger partial charge in [0.1, 0.15) is 6.61 Å². The summed E-state index contributed by atoms with van der Waals surface area (Å²) in [6.07, 6.45) is 1.72. The molecule has 64 valence electrons. The molecule has 1 aliphatic rings. The van der Waals surface area contributed by atoms with Crippen LogP contribution in [0.4, 0.5) is 0 Å². The van der Waals surface area contributed by atoms with Gasteiger partial charge in [-0.3, -0.25) is 0 Å². The molecule has 1 heterocycles. The fourth-order valence-corrected chi connectivity index (χ4v) is 1.26. The first-order valence-electron chi connectivity index (χ1n) is 3.86. The number of hydrogen-bond acceptors (Lipinski definition) is 3. The van der Waals surface area contributed by atoms with Crippen molar-refractivity contribution in [3.05, 3.63) is 29.3 Å². The third kappa shape index (κ3) is 1.23. The van der Waals surface area contributed by atoms with Gasteiger partial charge in [-0.15, -0.1) is 0 Å². The van der Waals surface area contributed by atoms with Gasteiger partial charge in [-0.1, -0.05) is 12.1 Å². The Bertz CT molecular complexity index is 415. The topological polar surface area (TPSA) is 53.2 Å². The SMILES string of the molecule is N#CC1=Cc2cccc(O)c2OC1. The van der Waals surface area contributed by atoms with Crippen molar-refractivity contribution < 1.29 is 9.84 Å². The summed E-state index contributed by atoms with van der Waals surface area (Å²) >= 11 is 0. The minimum atomic E-state index is 0.116. The molecule has 0 aliphatic carbocycles. The molecule has 0 saturated heterocycles. The summed E-state index contributed by atoms with van der Waals surface area (Å²) in [7, 11) is 0. The highest BCUT2D eigenvalue weighted by molar-refractivity contribution is 5.68. The summed E-state index contributed by atoms with van der Waals surface area (Å²) in [5, 5.41) is 18.0. The van der Waals surface area contributed by atoms with Crippen LogP contribution >= 0.6 is 0 Å². The second-order valence-corrected chi connectivity index (χ2v) is 2.77. The monoisotopic (exact) mass is 173 g/mol. The molecule has 0 fully saturated rings. The molecular formula is C10H7NO2. The Hall–Kier alpha value is -1.95. The molecule has 1 aliphatic heterocycles. The Morgan fingerprint density at radius 1 is 1.46 bits per heavy atom. The van der Waals surface area contributed by atoms with Crippen molar-refractivity contribution >= 4 is 6.08 Å². The van der Waals surface area contributed by atoms with Gasteiger partial charge in [0, 0.05) is 5.56 Å². The van der Waals surface area contributed by atoms with Crippen LogP contribution in [0.15, 0.2) is 23.8 Å². The number of aromatic hydroxyl groups is 1. The van der Waals surface area contributed by atoms with Crippen molar-refractivity contribution in [1.82, 2.24) is 0 Å². The van der Waals surface area contributed by atoms with Crippen LogP contribution in [0, 0.1) is 11.3 Å². The van der Waals surface area contributed by atoms with Gasteiger partial charge in [0.2, 0.25) is 0 Å². The second-order valence-electron chi connectivity index (χ2n) is 2.77. The fraction of sp³-hybridized carbons (Fsp3) is 0.100. The quantitative estimate of drug-likeness (QED) is 0.649. The summed E-state index contributed by atoms with van der Waals surface area (Å²) < 4.78 is 5.22. The van der Waals surface area contributed by atoms with Crippen molar-refractivity contribution in [2.24, 2.45) is 0 Å². The summed E-state index contributed by atoms with van der Waals surface area (Å²) in [6.45, 7) is 0.237. The molecule has 2 rings (SSSR count). The number of hydrogen-bond donors (Lipinski definition) is 1. The molecule has 0 aromatic heterocycles. The predicted octanol–water partition coefficient (Wildman–Crippen LogP) is 1.69. The molecule has 3 nitrogen and oxygen atoms in total. The number of benzene rings is 1. The normalized spacial score (nSPS) is 13.6. The van der Waals surface area contributed by atoms with Gasteiger partial charge in [-0.05, 0) is 12.1 Å². The largest absolute Gasteiger partial charge is 0.504 e. The number of nitriles is 1. The lowest BCUT2D eigenvalue weighted by Crippen LogP contribution is -2.05. The molecular weight excluding hydrogens is 166 g/mol. The molecule has 1 N–H and O–H groups in total. The minimum Gasteiger partial charge on any atom is -0.504 e. The highest BCUT2D eigenvalue weighted by Crippen LogP contribution is 2.34. The van der Waals surface area contributed by atoms with Gasteiger partial charge in [0.25, 0.3) is 0 Å². The number of phenolic OH excluding ortho intramolecular Hbond substituents is 1. The van der Waals surface area contributed by atoms with E-state index in [2.05, 4.69) is 0 Å².